The number of carbonyl (C=O) groups excluding carboxylic acids is 3. The van der Waals surface area contributed by atoms with Crippen molar-refractivity contribution in [2.24, 2.45) is 5.41 Å². The molecule has 1 aromatic heterocycles. The molecule has 0 radical (unpaired) electrons. The number of rotatable bonds is 5. The van der Waals surface area contributed by atoms with Crippen LogP contribution in [0.4, 0.5) is 0 Å². The van der Waals surface area contributed by atoms with Crippen molar-refractivity contribution >= 4 is 17.7 Å². The summed E-state index contributed by atoms with van der Waals surface area (Å²) in [4.78, 5) is 44.0. The molecule has 3 heterocycles. The van der Waals surface area contributed by atoms with Gasteiger partial charge in [0.05, 0.1) is 6.54 Å². The van der Waals surface area contributed by atoms with Gasteiger partial charge < -0.3 is 15.1 Å². The molecule has 1 spiro atoms. The molecule has 27 heavy (non-hydrogen) atoms. The van der Waals surface area contributed by atoms with Gasteiger partial charge in [0, 0.05) is 63.3 Å². The lowest BCUT2D eigenvalue weighted by Gasteiger charge is -2.48. The maximum Gasteiger partial charge on any atom is 0.241 e. The average molecular weight is 372 g/mol. The highest BCUT2D eigenvalue weighted by atomic mass is 16.2. The highest BCUT2D eigenvalue weighted by molar-refractivity contribution is 5.84. The zero-order valence-electron chi connectivity index (χ0n) is 15.9. The van der Waals surface area contributed by atoms with Gasteiger partial charge >= 0.3 is 0 Å². The van der Waals surface area contributed by atoms with E-state index in [9.17, 15) is 14.4 Å². The maximum atomic E-state index is 12.4. The predicted octanol–water partition coefficient (Wildman–Crippen LogP) is 0.991. The number of likely N-dealkylation sites (tertiary alicyclic amines) is 2. The fourth-order valence-electron chi connectivity index (χ4n) is 4.17. The first kappa shape index (κ1) is 19.3. The molecule has 3 amide bonds. The third kappa shape index (κ3) is 5.05. The van der Waals surface area contributed by atoms with Crippen LogP contribution in [0, 0.1) is 5.41 Å². The molecule has 3 rings (SSSR count). The molecule has 2 aliphatic heterocycles. The van der Waals surface area contributed by atoms with Crippen molar-refractivity contribution in [3.63, 3.8) is 0 Å². The first-order chi connectivity index (χ1) is 13.0. The molecule has 0 bridgehead atoms. The first-order valence-electron chi connectivity index (χ1n) is 9.67. The Bertz CT molecular complexity index is 694. The van der Waals surface area contributed by atoms with Crippen LogP contribution < -0.4 is 5.32 Å². The molecule has 7 heteroatoms. The number of carbonyl (C=O) groups is 3. The summed E-state index contributed by atoms with van der Waals surface area (Å²) in [6.45, 7) is 4.21. The minimum Gasteiger partial charge on any atom is -0.347 e. The summed E-state index contributed by atoms with van der Waals surface area (Å²) in [6, 6.07) is 5.83. The zero-order valence-corrected chi connectivity index (χ0v) is 15.9. The molecule has 1 aromatic rings. The third-order valence-electron chi connectivity index (χ3n) is 5.61. The fraction of sp³-hybridized carbons (Fsp3) is 0.600. The molecule has 1 atom stereocenters. The summed E-state index contributed by atoms with van der Waals surface area (Å²) in [5.41, 5.74) is 0.961. The van der Waals surface area contributed by atoms with Crippen molar-refractivity contribution in [3.8, 4) is 0 Å². The smallest absolute Gasteiger partial charge is 0.241 e. The van der Waals surface area contributed by atoms with Gasteiger partial charge in [0.15, 0.2) is 0 Å². The second-order valence-electron chi connectivity index (χ2n) is 7.71. The van der Waals surface area contributed by atoms with Crippen molar-refractivity contribution in [2.45, 2.75) is 39.0 Å². The normalized spacial score (nSPS) is 22.8. The van der Waals surface area contributed by atoms with Gasteiger partial charge in [0.25, 0.3) is 0 Å². The SMILES string of the molecule is CC(=O)NCC(=O)N1CCCC2(CCC(=O)N(CCc3ccccn3)C2)C1. The largest absolute Gasteiger partial charge is 0.347 e. The molecule has 1 N–H and O–H groups in total. The van der Waals surface area contributed by atoms with Crippen LogP contribution in [-0.4, -0.2) is 65.2 Å². The topological polar surface area (TPSA) is 82.6 Å². The predicted molar refractivity (Wildman–Crippen MR) is 101 cm³/mol. The van der Waals surface area contributed by atoms with Gasteiger partial charge in [-0.05, 0) is 31.4 Å². The molecule has 0 aliphatic carbocycles. The standard InChI is InChI=1S/C20H28N4O3/c1-16(25)22-13-19(27)23-11-4-8-20(14-23)9-6-18(26)24(15-20)12-7-17-5-2-3-10-21-17/h2-3,5,10H,4,6-9,11-15H2,1H3,(H,22,25). The number of nitrogens with one attached hydrogen (secondary N) is 1. The Balaban J connectivity index is 1.60. The second kappa shape index (κ2) is 8.50. The van der Waals surface area contributed by atoms with Gasteiger partial charge in [-0.15, -0.1) is 0 Å². The van der Waals surface area contributed by atoms with E-state index >= 15 is 0 Å². The van der Waals surface area contributed by atoms with Crippen molar-refractivity contribution in [1.82, 2.24) is 20.1 Å². The Hall–Kier alpha value is -2.44. The highest BCUT2D eigenvalue weighted by Gasteiger charge is 2.42. The second-order valence-corrected chi connectivity index (χ2v) is 7.71. The Kier molecular flexibility index (Phi) is 6.08. The molecule has 146 valence electrons. The van der Waals surface area contributed by atoms with Gasteiger partial charge in [0.2, 0.25) is 17.7 Å². The Morgan fingerprint density at radius 2 is 2.11 bits per heavy atom. The van der Waals surface area contributed by atoms with E-state index in [1.54, 1.807) is 6.20 Å². The van der Waals surface area contributed by atoms with Gasteiger partial charge in [-0.1, -0.05) is 6.07 Å². The van der Waals surface area contributed by atoms with Crippen LogP contribution in [0.1, 0.15) is 38.3 Å². The van der Waals surface area contributed by atoms with Crippen LogP contribution in [0.2, 0.25) is 0 Å². The molecule has 0 aromatic carbocycles. The molecule has 0 saturated carbocycles. The summed E-state index contributed by atoms with van der Waals surface area (Å²) < 4.78 is 0. The van der Waals surface area contributed by atoms with E-state index in [-0.39, 0.29) is 29.7 Å². The monoisotopic (exact) mass is 372 g/mol. The van der Waals surface area contributed by atoms with E-state index < -0.39 is 0 Å². The Morgan fingerprint density at radius 1 is 1.26 bits per heavy atom. The van der Waals surface area contributed by atoms with E-state index in [1.165, 1.54) is 6.92 Å². The average Bonchev–Trinajstić information content (AvgIpc) is 2.68. The molecule has 2 fully saturated rings. The number of nitrogens with zero attached hydrogens (tertiary/aromatic N) is 3. The molecule has 2 saturated heterocycles. The summed E-state index contributed by atoms with van der Waals surface area (Å²) in [5, 5.41) is 2.59. The fourth-order valence-corrected chi connectivity index (χ4v) is 4.17. The number of amides is 3. The minimum absolute atomic E-state index is 0.0256. The van der Waals surface area contributed by atoms with E-state index in [4.69, 9.17) is 0 Å². The number of aromatic nitrogens is 1. The highest BCUT2D eigenvalue weighted by Crippen LogP contribution is 2.38. The number of pyridine rings is 1. The zero-order chi connectivity index (χ0) is 19.3. The third-order valence-corrected chi connectivity index (χ3v) is 5.61. The van der Waals surface area contributed by atoms with E-state index in [2.05, 4.69) is 10.3 Å². The van der Waals surface area contributed by atoms with Crippen LogP contribution in [0.15, 0.2) is 24.4 Å². The minimum atomic E-state index is -0.195. The summed E-state index contributed by atoms with van der Waals surface area (Å²) in [5.74, 6) is -0.0431. The lowest BCUT2D eigenvalue weighted by Crippen LogP contribution is -2.56. The van der Waals surface area contributed by atoms with E-state index in [1.807, 2.05) is 28.0 Å². The van der Waals surface area contributed by atoms with Gasteiger partial charge in [-0.25, -0.2) is 0 Å². The van der Waals surface area contributed by atoms with Gasteiger partial charge in [0.1, 0.15) is 0 Å². The van der Waals surface area contributed by atoms with Gasteiger partial charge in [-0.2, -0.15) is 0 Å². The maximum absolute atomic E-state index is 12.4. The van der Waals surface area contributed by atoms with Crippen LogP contribution in [0.3, 0.4) is 0 Å². The van der Waals surface area contributed by atoms with Gasteiger partial charge in [-0.3, -0.25) is 19.4 Å². The van der Waals surface area contributed by atoms with Crippen LogP contribution >= 0.6 is 0 Å². The number of hydrogen-bond donors (Lipinski definition) is 1. The van der Waals surface area contributed by atoms with Crippen molar-refractivity contribution in [2.75, 3.05) is 32.7 Å². The summed E-state index contributed by atoms with van der Waals surface area (Å²) >= 11 is 0. The lowest BCUT2D eigenvalue weighted by molar-refractivity contribution is -0.143. The summed E-state index contributed by atoms with van der Waals surface area (Å²) in [7, 11) is 0. The van der Waals surface area contributed by atoms with Crippen LogP contribution in [0.25, 0.3) is 0 Å². The van der Waals surface area contributed by atoms with E-state index in [0.29, 0.717) is 26.1 Å². The van der Waals surface area contributed by atoms with Crippen LogP contribution in [0.5, 0.6) is 0 Å². The Labute approximate surface area is 160 Å². The van der Waals surface area contributed by atoms with Crippen molar-refractivity contribution < 1.29 is 14.4 Å². The molecular weight excluding hydrogens is 344 g/mol. The number of hydrogen-bond acceptors (Lipinski definition) is 4. The molecule has 2 aliphatic rings. The summed E-state index contributed by atoms with van der Waals surface area (Å²) in [6.07, 6.45) is 5.85. The number of piperidine rings is 2. The van der Waals surface area contributed by atoms with E-state index in [0.717, 1.165) is 37.9 Å². The van der Waals surface area contributed by atoms with Crippen molar-refractivity contribution in [1.29, 1.82) is 0 Å². The Morgan fingerprint density at radius 3 is 2.85 bits per heavy atom. The molecule has 7 nitrogen and oxygen atoms in total. The van der Waals surface area contributed by atoms with Crippen LogP contribution in [-0.2, 0) is 20.8 Å². The quantitative estimate of drug-likeness (QED) is 0.836. The first-order valence-corrected chi connectivity index (χ1v) is 9.67. The molecule has 1 unspecified atom stereocenters. The lowest BCUT2D eigenvalue weighted by atomic mass is 9.73. The van der Waals surface area contributed by atoms with Crippen molar-refractivity contribution in [3.05, 3.63) is 30.1 Å². The molecular formula is C20H28N4O3.